The van der Waals surface area contributed by atoms with Crippen LogP contribution in [0.1, 0.15) is 58.8 Å². The van der Waals surface area contributed by atoms with E-state index in [1.165, 1.54) is 12.0 Å². The Labute approximate surface area is 147 Å². The maximum atomic E-state index is 10.6. The van der Waals surface area contributed by atoms with Gasteiger partial charge in [-0.1, -0.05) is 31.4 Å². The molecule has 2 rings (SSSR count). The summed E-state index contributed by atoms with van der Waals surface area (Å²) in [5, 5.41) is 17.5. The van der Waals surface area contributed by atoms with Crippen LogP contribution in [-0.4, -0.2) is 60.3 Å². The van der Waals surface area contributed by atoms with Gasteiger partial charge in [0.2, 0.25) is 0 Å². The Morgan fingerprint density at radius 2 is 1.92 bits per heavy atom. The van der Waals surface area contributed by atoms with Crippen molar-refractivity contribution < 1.29 is 5.11 Å². The summed E-state index contributed by atoms with van der Waals surface area (Å²) in [7, 11) is 0. The molecule has 0 aromatic carbocycles. The minimum absolute atomic E-state index is 0.463. The molecule has 1 aliphatic heterocycles. The van der Waals surface area contributed by atoms with Crippen LogP contribution in [0.2, 0.25) is 0 Å². The van der Waals surface area contributed by atoms with Gasteiger partial charge >= 0.3 is 0 Å². The minimum Gasteiger partial charge on any atom is -0.388 e. The van der Waals surface area contributed by atoms with E-state index in [0.717, 1.165) is 70.7 Å². The third-order valence-electron chi connectivity index (χ3n) is 5.08. The zero-order valence-corrected chi connectivity index (χ0v) is 15.6. The summed E-state index contributed by atoms with van der Waals surface area (Å²) in [5.74, 6) is 0.856. The van der Waals surface area contributed by atoms with E-state index in [4.69, 9.17) is 0 Å². The van der Waals surface area contributed by atoms with Crippen LogP contribution in [-0.2, 0) is 0 Å². The highest BCUT2D eigenvalue weighted by atomic mass is 16.3. The molecule has 0 spiro atoms. The molecule has 0 atom stereocenters. The van der Waals surface area contributed by atoms with Gasteiger partial charge in [0.25, 0.3) is 0 Å². The molecule has 138 valence electrons. The van der Waals surface area contributed by atoms with Crippen LogP contribution in [0.15, 0.2) is 17.1 Å². The molecule has 1 saturated carbocycles. The van der Waals surface area contributed by atoms with E-state index >= 15 is 0 Å². The van der Waals surface area contributed by atoms with Crippen molar-refractivity contribution in [2.45, 2.75) is 70.4 Å². The average molecular weight is 337 g/mol. The van der Waals surface area contributed by atoms with Crippen LogP contribution in [0.3, 0.4) is 0 Å². The molecule has 0 amide bonds. The smallest absolute Gasteiger partial charge is 0.191 e. The summed E-state index contributed by atoms with van der Waals surface area (Å²) < 4.78 is 0. The highest BCUT2D eigenvalue weighted by molar-refractivity contribution is 5.80. The second-order valence-electron chi connectivity index (χ2n) is 7.63. The first-order chi connectivity index (χ1) is 11.5. The number of guanidine groups is 1. The Morgan fingerprint density at radius 3 is 2.50 bits per heavy atom. The summed E-state index contributed by atoms with van der Waals surface area (Å²) >= 11 is 0. The molecule has 5 nitrogen and oxygen atoms in total. The molecule has 0 aromatic rings. The number of likely N-dealkylation sites (tertiary alicyclic amines) is 1. The summed E-state index contributed by atoms with van der Waals surface area (Å²) in [6, 6.07) is 0.463. The number of aliphatic hydroxyl groups is 1. The van der Waals surface area contributed by atoms with E-state index in [0.29, 0.717) is 12.6 Å². The summed E-state index contributed by atoms with van der Waals surface area (Å²) in [4.78, 5) is 7.15. The van der Waals surface area contributed by atoms with Crippen molar-refractivity contribution in [3.63, 3.8) is 0 Å². The van der Waals surface area contributed by atoms with Crippen molar-refractivity contribution in [2.24, 2.45) is 4.99 Å². The standard InChI is InChI=1S/C19H36N4O/c1-4-20-18(21-15-19(24)10-6-5-7-11-19)22-17-8-12-23(13-9-17)14-16(2)3/h17,24H,2,4-15H2,1,3H3,(H2,20,21,22). The molecule has 5 heteroatoms. The van der Waals surface area contributed by atoms with Gasteiger partial charge in [0.05, 0.1) is 12.1 Å². The van der Waals surface area contributed by atoms with Crippen LogP contribution in [0.4, 0.5) is 0 Å². The molecule has 0 radical (unpaired) electrons. The molecule has 1 heterocycles. The number of nitrogens with zero attached hydrogens (tertiary/aromatic N) is 2. The Morgan fingerprint density at radius 1 is 1.25 bits per heavy atom. The number of hydrogen-bond donors (Lipinski definition) is 3. The quantitative estimate of drug-likeness (QED) is 0.396. The second-order valence-corrected chi connectivity index (χ2v) is 7.63. The Bertz CT molecular complexity index is 421. The predicted molar refractivity (Wildman–Crippen MR) is 101 cm³/mol. The fraction of sp³-hybridized carbons (Fsp3) is 0.842. The minimum atomic E-state index is -0.592. The van der Waals surface area contributed by atoms with Gasteiger partial charge in [-0.15, -0.1) is 0 Å². The van der Waals surface area contributed by atoms with Crippen molar-refractivity contribution in [3.8, 4) is 0 Å². The highest BCUT2D eigenvalue weighted by Gasteiger charge is 2.29. The third kappa shape index (κ3) is 6.44. The van der Waals surface area contributed by atoms with Crippen LogP contribution >= 0.6 is 0 Å². The number of rotatable bonds is 6. The molecule has 1 saturated heterocycles. The molecule has 2 fully saturated rings. The highest BCUT2D eigenvalue weighted by Crippen LogP contribution is 2.28. The molecule has 24 heavy (non-hydrogen) atoms. The Hall–Kier alpha value is -1.07. The van der Waals surface area contributed by atoms with Crippen molar-refractivity contribution in [1.29, 1.82) is 0 Å². The lowest BCUT2D eigenvalue weighted by atomic mass is 9.85. The van der Waals surface area contributed by atoms with Gasteiger partial charge in [-0.3, -0.25) is 9.89 Å². The van der Waals surface area contributed by atoms with Crippen LogP contribution in [0.25, 0.3) is 0 Å². The van der Waals surface area contributed by atoms with Crippen molar-refractivity contribution in [1.82, 2.24) is 15.5 Å². The SMILES string of the molecule is C=C(C)CN1CCC(NC(=NCC2(O)CCCCC2)NCC)CC1. The first kappa shape index (κ1) is 19.3. The van der Waals surface area contributed by atoms with Gasteiger partial charge in [0.15, 0.2) is 5.96 Å². The van der Waals surface area contributed by atoms with Crippen molar-refractivity contribution >= 4 is 5.96 Å². The molecule has 0 aromatic heterocycles. The number of aliphatic imine (C=N–C) groups is 1. The maximum absolute atomic E-state index is 10.6. The molecular formula is C19H36N4O. The zero-order chi connectivity index (χ0) is 17.4. The summed E-state index contributed by atoms with van der Waals surface area (Å²) in [5.41, 5.74) is 0.642. The largest absolute Gasteiger partial charge is 0.388 e. The van der Waals surface area contributed by atoms with Gasteiger partial charge in [0.1, 0.15) is 0 Å². The van der Waals surface area contributed by atoms with E-state index in [1.807, 2.05) is 0 Å². The lowest BCUT2D eigenvalue weighted by molar-refractivity contribution is 0.0131. The van der Waals surface area contributed by atoms with E-state index < -0.39 is 5.60 Å². The number of nitrogens with one attached hydrogen (secondary N) is 2. The molecule has 0 bridgehead atoms. The fourth-order valence-electron chi connectivity index (χ4n) is 3.72. The lowest BCUT2D eigenvalue weighted by Gasteiger charge is -2.34. The molecule has 0 unspecified atom stereocenters. The predicted octanol–water partition coefficient (Wildman–Crippen LogP) is 2.28. The summed E-state index contributed by atoms with van der Waals surface area (Å²) in [6.07, 6.45) is 7.51. The topological polar surface area (TPSA) is 59.9 Å². The van der Waals surface area contributed by atoms with Crippen LogP contribution in [0, 0.1) is 0 Å². The third-order valence-corrected chi connectivity index (χ3v) is 5.08. The van der Waals surface area contributed by atoms with Gasteiger partial charge < -0.3 is 15.7 Å². The van der Waals surface area contributed by atoms with Crippen LogP contribution in [0.5, 0.6) is 0 Å². The van der Waals surface area contributed by atoms with E-state index in [9.17, 15) is 5.11 Å². The number of hydrogen-bond acceptors (Lipinski definition) is 3. The van der Waals surface area contributed by atoms with E-state index in [1.54, 1.807) is 0 Å². The van der Waals surface area contributed by atoms with Crippen molar-refractivity contribution in [3.05, 3.63) is 12.2 Å². The van der Waals surface area contributed by atoms with Gasteiger partial charge in [0, 0.05) is 32.2 Å². The van der Waals surface area contributed by atoms with Gasteiger partial charge in [-0.25, -0.2) is 0 Å². The van der Waals surface area contributed by atoms with Gasteiger partial charge in [-0.2, -0.15) is 0 Å². The van der Waals surface area contributed by atoms with Crippen molar-refractivity contribution in [2.75, 3.05) is 32.7 Å². The first-order valence-electron chi connectivity index (χ1n) is 9.65. The molecule has 2 aliphatic rings. The normalized spacial score (nSPS) is 23.0. The van der Waals surface area contributed by atoms with E-state index in [2.05, 4.69) is 41.0 Å². The lowest BCUT2D eigenvalue weighted by Crippen LogP contribution is -2.49. The Kier molecular flexibility index (Phi) is 7.56. The summed E-state index contributed by atoms with van der Waals surface area (Å²) in [6.45, 7) is 12.8. The monoisotopic (exact) mass is 336 g/mol. The van der Waals surface area contributed by atoms with Crippen LogP contribution < -0.4 is 10.6 Å². The van der Waals surface area contributed by atoms with E-state index in [-0.39, 0.29) is 0 Å². The molecule has 3 N–H and O–H groups in total. The second kappa shape index (κ2) is 9.42. The molecule has 1 aliphatic carbocycles. The number of piperidine rings is 1. The van der Waals surface area contributed by atoms with Gasteiger partial charge in [-0.05, 0) is 39.5 Å². The molecular weight excluding hydrogens is 300 g/mol. The fourth-order valence-corrected chi connectivity index (χ4v) is 3.72. The Balaban J connectivity index is 1.82. The average Bonchev–Trinajstić information content (AvgIpc) is 2.55. The zero-order valence-electron chi connectivity index (χ0n) is 15.6. The maximum Gasteiger partial charge on any atom is 0.191 e. The first-order valence-corrected chi connectivity index (χ1v) is 9.65.